The Morgan fingerprint density at radius 3 is 2.59 bits per heavy atom. The lowest BCUT2D eigenvalue weighted by atomic mass is 9.94. The lowest BCUT2D eigenvalue weighted by molar-refractivity contribution is 0.0701. The predicted molar refractivity (Wildman–Crippen MR) is 72.4 cm³/mol. The molecule has 94 valence electrons. The van der Waals surface area contributed by atoms with Gasteiger partial charge in [-0.3, -0.25) is 4.79 Å². The van der Waals surface area contributed by atoms with Crippen LogP contribution >= 0.6 is 11.3 Å². The summed E-state index contributed by atoms with van der Waals surface area (Å²) in [5.41, 5.74) is 6.53. The molecule has 2 rings (SSSR count). The van der Waals surface area contributed by atoms with Crippen LogP contribution in [0, 0.1) is 6.92 Å². The number of hydrogen-bond acceptors (Lipinski definition) is 3. The van der Waals surface area contributed by atoms with Gasteiger partial charge in [-0.2, -0.15) is 0 Å². The fourth-order valence-electron chi connectivity index (χ4n) is 2.41. The van der Waals surface area contributed by atoms with Crippen molar-refractivity contribution in [2.45, 2.75) is 45.1 Å². The van der Waals surface area contributed by atoms with Gasteiger partial charge in [0.05, 0.1) is 4.88 Å². The molecule has 1 saturated carbocycles. The molecule has 1 aliphatic carbocycles. The van der Waals surface area contributed by atoms with Crippen LogP contribution in [0.2, 0.25) is 0 Å². The third-order valence-corrected chi connectivity index (χ3v) is 4.66. The maximum Gasteiger partial charge on any atom is 0.263 e. The summed E-state index contributed by atoms with van der Waals surface area (Å²) in [4.78, 5) is 16.0. The van der Waals surface area contributed by atoms with Crippen molar-refractivity contribution in [1.82, 2.24) is 4.90 Å². The molecule has 0 unspecified atom stereocenters. The average molecular weight is 252 g/mol. The van der Waals surface area contributed by atoms with Crippen molar-refractivity contribution in [3.8, 4) is 0 Å². The Balaban J connectivity index is 2.08. The SMILES string of the molecule is Cc1sc(C(=O)N(C)C2CCCCC2)cc1N. The summed E-state index contributed by atoms with van der Waals surface area (Å²) in [5.74, 6) is 0.127. The van der Waals surface area contributed by atoms with E-state index in [1.54, 1.807) is 0 Å². The Morgan fingerprint density at radius 2 is 2.06 bits per heavy atom. The topological polar surface area (TPSA) is 46.3 Å². The monoisotopic (exact) mass is 252 g/mol. The van der Waals surface area contributed by atoms with Crippen LogP contribution in [-0.4, -0.2) is 23.9 Å². The van der Waals surface area contributed by atoms with Gasteiger partial charge in [0.2, 0.25) is 0 Å². The van der Waals surface area contributed by atoms with Crippen LogP contribution < -0.4 is 5.73 Å². The van der Waals surface area contributed by atoms with Crippen LogP contribution in [0.4, 0.5) is 5.69 Å². The van der Waals surface area contributed by atoms with Gasteiger partial charge in [0.25, 0.3) is 5.91 Å². The van der Waals surface area contributed by atoms with Crippen LogP contribution in [-0.2, 0) is 0 Å². The number of thiophene rings is 1. The zero-order valence-electron chi connectivity index (χ0n) is 10.5. The van der Waals surface area contributed by atoms with Gasteiger partial charge >= 0.3 is 0 Å². The molecule has 0 aliphatic heterocycles. The number of nitrogens with zero attached hydrogens (tertiary/aromatic N) is 1. The fourth-order valence-corrected chi connectivity index (χ4v) is 3.33. The van der Waals surface area contributed by atoms with Crippen molar-refractivity contribution in [3.63, 3.8) is 0 Å². The lowest BCUT2D eigenvalue weighted by Gasteiger charge is -2.30. The van der Waals surface area contributed by atoms with Crippen LogP contribution in [0.3, 0.4) is 0 Å². The highest BCUT2D eigenvalue weighted by atomic mass is 32.1. The first-order chi connectivity index (χ1) is 8.09. The normalized spacial score (nSPS) is 17.1. The molecule has 0 radical (unpaired) electrons. The van der Waals surface area contributed by atoms with Gasteiger partial charge < -0.3 is 10.6 Å². The third-order valence-electron chi connectivity index (χ3n) is 3.61. The number of amides is 1. The van der Waals surface area contributed by atoms with Crippen molar-refractivity contribution in [1.29, 1.82) is 0 Å². The summed E-state index contributed by atoms with van der Waals surface area (Å²) in [7, 11) is 1.92. The van der Waals surface area contributed by atoms with Gasteiger partial charge in [0, 0.05) is 23.7 Å². The highest BCUT2D eigenvalue weighted by molar-refractivity contribution is 7.14. The van der Waals surface area contributed by atoms with Crippen LogP contribution in [0.5, 0.6) is 0 Å². The lowest BCUT2D eigenvalue weighted by Crippen LogP contribution is -2.37. The molecule has 17 heavy (non-hydrogen) atoms. The van der Waals surface area contributed by atoms with E-state index >= 15 is 0 Å². The van der Waals surface area contributed by atoms with E-state index in [9.17, 15) is 4.79 Å². The fraction of sp³-hybridized carbons (Fsp3) is 0.615. The highest BCUT2D eigenvalue weighted by Gasteiger charge is 2.24. The van der Waals surface area contributed by atoms with Crippen molar-refractivity contribution in [2.75, 3.05) is 12.8 Å². The minimum atomic E-state index is 0.127. The quantitative estimate of drug-likeness (QED) is 0.879. The Bertz CT molecular complexity index is 388. The standard InChI is InChI=1S/C13H20N2OS/c1-9-11(14)8-12(17-9)13(16)15(2)10-6-4-3-5-7-10/h8,10H,3-7,14H2,1-2H3. The van der Waals surface area contributed by atoms with Gasteiger partial charge in [-0.05, 0) is 25.8 Å². The maximum absolute atomic E-state index is 12.3. The van der Waals surface area contributed by atoms with E-state index in [1.807, 2.05) is 24.9 Å². The predicted octanol–water partition coefficient (Wildman–Crippen LogP) is 3.04. The Kier molecular flexibility index (Phi) is 3.72. The molecule has 0 spiro atoms. The molecule has 1 aliphatic rings. The number of rotatable bonds is 2. The van der Waals surface area contributed by atoms with Crippen molar-refractivity contribution < 1.29 is 4.79 Å². The molecular weight excluding hydrogens is 232 g/mol. The number of nitrogens with two attached hydrogens (primary N) is 1. The molecule has 1 aromatic heterocycles. The molecule has 1 fully saturated rings. The van der Waals surface area contributed by atoms with Gasteiger partial charge in [-0.25, -0.2) is 0 Å². The number of aryl methyl sites for hydroxylation is 1. The average Bonchev–Trinajstić information content (AvgIpc) is 2.69. The van der Waals surface area contributed by atoms with E-state index in [-0.39, 0.29) is 5.91 Å². The number of carbonyl (C=O) groups is 1. The molecule has 4 heteroatoms. The van der Waals surface area contributed by atoms with Gasteiger partial charge in [0.1, 0.15) is 0 Å². The summed E-state index contributed by atoms with van der Waals surface area (Å²) in [6, 6.07) is 2.22. The first-order valence-electron chi connectivity index (χ1n) is 6.22. The van der Waals surface area contributed by atoms with Gasteiger partial charge in [-0.15, -0.1) is 11.3 Å². The molecular formula is C13H20N2OS. The summed E-state index contributed by atoms with van der Waals surface area (Å²) in [6.45, 7) is 1.96. The molecule has 1 heterocycles. The van der Waals surface area contributed by atoms with E-state index in [4.69, 9.17) is 5.73 Å². The smallest absolute Gasteiger partial charge is 0.263 e. The van der Waals surface area contributed by atoms with Gasteiger partial charge in [-0.1, -0.05) is 19.3 Å². The molecule has 2 N–H and O–H groups in total. The molecule has 0 atom stereocenters. The van der Waals surface area contributed by atoms with Crippen LogP contribution in [0.1, 0.15) is 46.7 Å². The zero-order valence-corrected chi connectivity index (χ0v) is 11.3. The van der Waals surface area contributed by atoms with E-state index in [0.29, 0.717) is 6.04 Å². The molecule has 0 bridgehead atoms. The summed E-state index contributed by atoms with van der Waals surface area (Å²) >= 11 is 1.50. The summed E-state index contributed by atoms with van der Waals surface area (Å²) in [5, 5.41) is 0. The van der Waals surface area contributed by atoms with Crippen LogP contribution in [0.15, 0.2) is 6.07 Å². The van der Waals surface area contributed by atoms with Crippen molar-refractivity contribution >= 4 is 22.9 Å². The van der Waals surface area contributed by atoms with Gasteiger partial charge in [0.15, 0.2) is 0 Å². The largest absolute Gasteiger partial charge is 0.398 e. The molecule has 0 saturated heterocycles. The number of carbonyl (C=O) groups excluding carboxylic acids is 1. The maximum atomic E-state index is 12.3. The Hall–Kier alpha value is -1.03. The highest BCUT2D eigenvalue weighted by Crippen LogP contribution is 2.27. The minimum absolute atomic E-state index is 0.127. The molecule has 3 nitrogen and oxygen atoms in total. The van der Waals surface area contributed by atoms with Crippen molar-refractivity contribution in [3.05, 3.63) is 15.8 Å². The van der Waals surface area contributed by atoms with E-state index in [1.165, 1.54) is 30.6 Å². The number of hydrogen-bond donors (Lipinski definition) is 1. The number of anilines is 1. The zero-order chi connectivity index (χ0) is 12.4. The second-order valence-corrected chi connectivity index (χ2v) is 6.09. The van der Waals surface area contributed by atoms with Crippen LogP contribution in [0.25, 0.3) is 0 Å². The third kappa shape index (κ3) is 2.63. The molecule has 1 aromatic rings. The Labute approximate surface area is 107 Å². The number of nitrogen functional groups attached to an aromatic ring is 1. The van der Waals surface area contributed by atoms with E-state index in [0.717, 1.165) is 28.3 Å². The minimum Gasteiger partial charge on any atom is -0.398 e. The first-order valence-corrected chi connectivity index (χ1v) is 7.04. The Morgan fingerprint density at radius 1 is 1.41 bits per heavy atom. The van der Waals surface area contributed by atoms with E-state index in [2.05, 4.69) is 0 Å². The first kappa shape index (κ1) is 12.4. The summed E-state index contributed by atoms with van der Waals surface area (Å²) < 4.78 is 0. The second-order valence-electron chi connectivity index (χ2n) is 4.83. The van der Waals surface area contributed by atoms with Crippen molar-refractivity contribution in [2.24, 2.45) is 0 Å². The van der Waals surface area contributed by atoms with E-state index < -0.39 is 0 Å². The molecule has 1 amide bonds. The molecule has 0 aromatic carbocycles. The summed E-state index contributed by atoms with van der Waals surface area (Å²) in [6.07, 6.45) is 6.08. The second kappa shape index (κ2) is 5.08.